The Bertz CT molecular complexity index is 481. The Labute approximate surface area is 278 Å². The van der Waals surface area contributed by atoms with E-state index in [-0.39, 0.29) is 51.2 Å². The van der Waals surface area contributed by atoms with Crippen LogP contribution in [-0.4, -0.2) is 24.5 Å². The number of fused-ring (bicyclic) bond motifs is 3. The molecular weight excluding hydrogens is 658 g/mol. The maximum absolute atomic E-state index is 3.63. The molecule has 0 aromatic heterocycles. The smallest absolute Gasteiger partial charge is 0.301 e. The van der Waals surface area contributed by atoms with E-state index >= 15 is 0 Å². The molecule has 0 N–H and O–H groups in total. The van der Waals surface area contributed by atoms with Crippen LogP contribution < -0.4 is 0 Å². The zero-order valence-electron chi connectivity index (χ0n) is 20.9. The van der Waals surface area contributed by atoms with Crippen molar-refractivity contribution < 1.29 is 51.2 Å². The van der Waals surface area contributed by atoms with E-state index in [0.29, 0.717) is 0 Å². The summed E-state index contributed by atoms with van der Waals surface area (Å²) in [7, 11) is 0. The average molecular weight is 688 g/mol. The summed E-state index contributed by atoms with van der Waals surface area (Å²) in [5.41, 5.74) is 0. The second kappa shape index (κ2) is 22.5. The van der Waals surface area contributed by atoms with Crippen molar-refractivity contribution in [2.75, 3.05) is 19.6 Å². The molecule has 7 rings (SSSR count). The Morgan fingerprint density at radius 3 is 1.11 bits per heavy atom. The third kappa shape index (κ3) is 13.1. The zero-order chi connectivity index (χ0) is 24.1. The fourth-order valence-corrected chi connectivity index (χ4v) is 4.54. The van der Waals surface area contributed by atoms with Crippen molar-refractivity contribution in [3.8, 4) is 0 Å². The Kier molecular flexibility index (Phi) is 22.5. The van der Waals surface area contributed by atoms with E-state index in [2.05, 4.69) is 78.6 Å². The molecular formula is C33H30BrFe3N+6. The van der Waals surface area contributed by atoms with Crippen LogP contribution in [0.3, 0.4) is 0 Å². The fourth-order valence-electron chi connectivity index (χ4n) is 4.13. The van der Waals surface area contributed by atoms with Crippen LogP contribution >= 0.6 is 15.9 Å². The van der Waals surface area contributed by atoms with Gasteiger partial charge < -0.3 is 4.90 Å². The maximum Gasteiger partial charge on any atom is 2.00 e. The molecule has 1 nitrogen and oxygen atoms in total. The fraction of sp³-hybridized carbons (Fsp3) is 0.0909. The number of likely N-dealkylation sites (tertiary alicyclic amines) is 1. The molecule has 0 aromatic carbocycles. The van der Waals surface area contributed by atoms with E-state index in [9.17, 15) is 0 Å². The normalized spacial score (nSPS) is 26.8. The first kappa shape index (κ1) is 38.0. The van der Waals surface area contributed by atoms with Crippen molar-refractivity contribution >= 4 is 15.9 Å². The molecule has 6 aliphatic carbocycles. The number of halogens is 1. The largest absolute Gasteiger partial charge is 2.00 e. The van der Waals surface area contributed by atoms with Gasteiger partial charge in [0.2, 0.25) is 0 Å². The minimum absolute atomic E-state index is 0. The molecule has 5 heteroatoms. The summed E-state index contributed by atoms with van der Waals surface area (Å²) in [6, 6.07) is 0. The van der Waals surface area contributed by atoms with Gasteiger partial charge in [0.25, 0.3) is 0 Å². The van der Waals surface area contributed by atoms with Gasteiger partial charge in [-0.3, -0.25) is 0 Å². The van der Waals surface area contributed by atoms with Gasteiger partial charge >= 0.3 is 51.2 Å². The summed E-state index contributed by atoms with van der Waals surface area (Å²) in [5.74, 6) is 7.08. The van der Waals surface area contributed by atoms with Crippen LogP contribution in [0.4, 0.5) is 0 Å². The van der Waals surface area contributed by atoms with E-state index in [0.717, 1.165) is 19.6 Å². The average Bonchev–Trinajstić information content (AvgIpc) is 3.71. The molecule has 0 amide bonds. The van der Waals surface area contributed by atoms with Crippen molar-refractivity contribution in [1.82, 2.24) is 4.90 Å². The number of hydrogen-bond donors (Lipinski definition) is 0. The summed E-state index contributed by atoms with van der Waals surface area (Å²) in [6.07, 6.45) is 49.8. The summed E-state index contributed by atoms with van der Waals surface area (Å²) >= 11 is 3.63. The standard InChI is InChI=1S/C18H15BrN.3C5H5.3Fe/c19-18-9-3-6-15(18)12-20-10-13-4-1-7-16(13)17-8-2-5-14(17)11-20;3*1-2-4-5-3-1;;;/h1-9H,10-12H2;3*1-5H;;;/q;;;;3*+2. The minimum atomic E-state index is 0. The second-order valence-electron chi connectivity index (χ2n) is 8.36. The van der Waals surface area contributed by atoms with Crippen LogP contribution in [0.2, 0.25) is 0 Å². The van der Waals surface area contributed by atoms with Crippen LogP contribution in [0.25, 0.3) is 0 Å². The SMILES string of the molecule is Br[C]1[CH][CH][CH][C]1CN1C[C]2[CH][CH][CH][C]2[C]2[CH][CH][CH][C]2C1.[CH]1[CH][CH][CH][CH]1.[CH]1[CH][CH][CH][CH]1.[CH]1[CH][CH][CH][CH]1.[Fe+2].[Fe+2].[Fe+2]. The molecule has 0 unspecified atom stereocenters. The zero-order valence-corrected chi connectivity index (χ0v) is 25.8. The summed E-state index contributed by atoms with van der Waals surface area (Å²) in [6.45, 7) is 3.03. The van der Waals surface area contributed by atoms with Crippen LogP contribution in [0.15, 0.2) is 0 Å². The van der Waals surface area contributed by atoms with Gasteiger partial charge in [0.1, 0.15) is 0 Å². The predicted molar refractivity (Wildman–Crippen MR) is 148 cm³/mol. The van der Waals surface area contributed by atoms with Crippen LogP contribution in [0.5, 0.6) is 0 Å². The Morgan fingerprint density at radius 1 is 0.447 bits per heavy atom. The van der Waals surface area contributed by atoms with Gasteiger partial charge in [0.05, 0.1) is 4.83 Å². The van der Waals surface area contributed by atoms with Gasteiger partial charge in [-0.15, -0.1) is 0 Å². The van der Waals surface area contributed by atoms with Gasteiger partial charge in [-0.1, -0.05) is 15.9 Å². The molecule has 0 spiro atoms. The molecule has 0 bridgehead atoms. The van der Waals surface area contributed by atoms with Gasteiger partial charge in [-0.2, -0.15) is 0 Å². The van der Waals surface area contributed by atoms with Crippen molar-refractivity contribution in [2.45, 2.75) is 0 Å². The number of rotatable bonds is 2. The van der Waals surface area contributed by atoms with Gasteiger partial charge in [0.15, 0.2) is 0 Å². The first-order valence-electron chi connectivity index (χ1n) is 11.9. The molecule has 192 valence electrons. The van der Waals surface area contributed by atoms with Crippen molar-refractivity contribution in [2.24, 2.45) is 0 Å². The van der Waals surface area contributed by atoms with E-state index in [1.54, 1.807) is 0 Å². The molecule has 7 aliphatic rings. The van der Waals surface area contributed by atoms with E-state index in [4.69, 9.17) is 0 Å². The van der Waals surface area contributed by atoms with Gasteiger partial charge in [-0.25, -0.2) is 0 Å². The molecule has 6 saturated carbocycles. The molecule has 1 saturated heterocycles. The van der Waals surface area contributed by atoms with Gasteiger partial charge in [-0.05, 0) is 166 Å². The first-order chi connectivity index (χ1) is 17.3. The molecule has 0 aromatic rings. The minimum Gasteiger partial charge on any atom is -0.301 e. The van der Waals surface area contributed by atoms with Crippen molar-refractivity contribution in [1.29, 1.82) is 0 Å². The Hall–Kier alpha value is 2.00. The number of hydrogen-bond acceptors (Lipinski definition) is 1. The Balaban J connectivity index is 0.000000329. The molecule has 0 atom stereocenters. The first-order valence-corrected chi connectivity index (χ1v) is 12.7. The molecule has 38 heavy (non-hydrogen) atoms. The third-order valence-corrected chi connectivity index (χ3v) is 6.57. The van der Waals surface area contributed by atoms with Crippen molar-refractivity contribution in [3.05, 3.63) is 189 Å². The number of nitrogens with zero attached hydrogens (tertiary/aromatic N) is 1. The van der Waals surface area contributed by atoms with E-state index in [1.807, 2.05) is 96.3 Å². The molecule has 30 radical (unpaired) electrons. The molecule has 7 fully saturated rings. The third-order valence-electron chi connectivity index (χ3n) is 5.80. The maximum atomic E-state index is 3.63. The van der Waals surface area contributed by atoms with Crippen LogP contribution in [0.1, 0.15) is 0 Å². The Morgan fingerprint density at radius 2 is 0.789 bits per heavy atom. The summed E-state index contributed by atoms with van der Waals surface area (Å²) in [4.78, 5) is 3.73. The quantitative estimate of drug-likeness (QED) is 0.321. The van der Waals surface area contributed by atoms with E-state index < -0.39 is 0 Å². The van der Waals surface area contributed by atoms with E-state index in [1.165, 1.54) is 34.4 Å². The second-order valence-corrected chi connectivity index (χ2v) is 9.21. The predicted octanol–water partition coefficient (Wildman–Crippen LogP) is 6.04. The van der Waals surface area contributed by atoms with Crippen molar-refractivity contribution in [3.63, 3.8) is 0 Å². The summed E-state index contributed by atoms with van der Waals surface area (Å²) < 4.78 is 0. The van der Waals surface area contributed by atoms with Crippen LogP contribution in [0, 0.1) is 189 Å². The van der Waals surface area contributed by atoms with Gasteiger partial charge in [0, 0.05) is 37.4 Å². The molecule has 1 aliphatic heterocycles. The monoisotopic (exact) mass is 687 g/mol. The summed E-state index contributed by atoms with van der Waals surface area (Å²) in [5, 5.41) is 0. The molecule has 1 heterocycles. The van der Waals surface area contributed by atoms with Crippen LogP contribution in [-0.2, 0) is 51.2 Å². The topological polar surface area (TPSA) is 3.24 Å².